The molecule has 5 nitrogen and oxygen atoms in total. The molecule has 0 saturated carbocycles. The van der Waals surface area contributed by atoms with E-state index in [9.17, 15) is 5.11 Å². The van der Waals surface area contributed by atoms with Crippen LogP contribution >= 0.6 is 0 Å². The molecule has 0 aliphatic carbocycles. The molecule has 1 N–H and O–H groups in total. The minimum absolute atomic E-state index is 0.0849. The zero-order chi connectivity index (χ0) is 40.3. The quantitative estimate of drug-likeness (QED) is 0.183. The first-order valence-electron chi connectivity index (χ1n) is 20.0. The Balaban J connectivity index is 1.37. The van der Waals surface area contributed by atoms with Crippen LogP contribution in [0, 0.1) is 6.92 Å². The second-order valence-corrected chi connectivity index (χ2v) is 17.3. The molecule has 286 valence electrons. The molecule has 0 bridgehead atoms. The second-order valence-electron chi connectivity index (χ2n) is 17.3. The maximum atomic E-state index is 11.3. The van der Waals surface area contributed by atoms with E-state index < -0.39 is 0 Å². The van der Waals surface area contributed by atoms with Gasteiger partial charge in [0, 0.05) is 39.4 Å². The minimum atomic E-state index is -0.0849. The number of furan rings is 1. The number of para-hydroxylation sites is 3. The van der Waals surface area contributed by atoms with Gasteiger partial charge in [0.05, 0.1) is 33.5 Å². The van der Waals surface area contributed by atoms with Gasteiger partial charge in [-0.25, -0.2) is 9.97 Å². The number of rotatable bonds is 6. The summed E-state index contributed by atoms with van der Waals surface area (Å²) in [6.45, 7) is 15.7. The van der Waals surface area contributed by atoms with Crippen molar-refractivity contribution in [3.63, 3.8) is 0 Å². The third-order valence-corrected chi connectivity index (χ3v) is 11.2. The van der Waals surface area contributed by atoms with Gasteiger partial charge >= 0.3 is 0 Å². The van der Waals surface area contributed by atoms with Crippen LogP contribution in [0.25, 0.3) is 84.0 Å². The van der Waals surface area contributed by atoms with E-state index in [0.29, 0.717) is 22.5 Å². The number of hydrogen-bond acceptors (Lipinski definition) is 4. The average Bonchev–Trinajstić information content (AvgIpc) is 3.78. The third kappa shape index (κ3) is 6.47. The molecule has 9 rings (SSSR count). The van der Waals surface area contributed by atoms with E-state index in [1.807, 2.05) is 42.5 Å². The van der Waals surface area contributed by atoms with Crippen molar-refractivity contribution in [3.05, 3.63) is 168 Å². The molecule has 0 amide bonds. The summed E-state index contributed by atoms with van der Waals surface area (Å²) >= 11 is 0. The molecular formula is C53H47N3O2. The van der Waals surface area contributed by atoms with Crippen molar-refractivity contribution in [2.75, 3.05) is 0 Å². The van der Waals surface area contributed by atoms with Gasteiger partial charge in [0.25, 0.3) is 0 Å². The number of fused-ring (bicyclic) bond motifs is 2. The lowest BCUT2D eigenvalue weighted by molar-refractivity contribution is 0.477. The topological polar surface area (TPSA) is 64.1 Å². The Bertz CT molecular complexity index is 2940. The first-order chi connectivity index (χ1) is 27.9. The van der Waals surface area contributed by atoms with Gasteiger partial charge < -0.3 is 9.52 Å². The van der Waals surface area contributed by atoms with Gasteiger partial charge in [-0.2, -0.15) is 0 Å². The minimum Gasteiger partial charge on any atom is -0.507 e. The van der Waals surface area contributed by atoms with E-state index in [1.165, 1.54) is 11.1 Å². The number of imidazole rings is 1. The van der Waals surface area contributed by atoms with Crippen molar-refractivity contribution in [1.29, 1.82) is 0 Å². The third-order valence-electron chi connectivity index (χ3n) is 11.2. The summed E-state index contributed by atoms with van der Waals surface area (Å²) in [5.74, 6) is 1.79. The molecule has 0 fully saturated rings. The van der Waals surface area contributed by atoms with Crippen LogP contribution in [-0.2, 0) is 10.8 Å². The molecule has 9 aromatic rings. The summed E-state index contributed by atoms with van der Waals surface area (Å²) in [5, 5.41) is 12.1. The van der Waals surface area contributed by atoms with E-state index in [-0.39, 0.29) is 16.6 Å². The normalized spacial score (nSPS) is 12.1. The molecule has 58 heavy (non-hydrogen) atoms. The predicted octanol–water partition coefficient (Wildman–Crippen LogP) is 14.1. The standard InChI is InChI=1S/C53H47N3O2/c1-33-47-46(58-50(33)35-21-12-9-13-22-35)32-42(54-49(47)41-24-15-17-28-45(41)57)40-25-18-27-44-48(40)55-51(36-29-37(52(2,3)4)31-38(30-36)53(5,6)7)56(44)43-26-16-14-23-39(43)34-19-10-8-11-20-34/h8-32,57H,1-7H3. The maximum absolute atomic E-state index is 11.3. The fourth-order valence-corrected chi connectivity index (χ4v) is 8.03. The van der Waals surface area contributed by atoms with Crippen LogP contribution in [0.2, 0.25) is 0 Å². The number of aryl methyl sites for hydroxylation is 1. The van der Waals surface area contributed by atoms with Gasteiger partial charge in [0.2, 0.25) is 0 Å². The molecule has 6 aromatic carbocycles. The Hall–Kier alpha value is -6.72. The predicted molar refractivity (Wildman–Crippen MR) is 240 cm³/mol. The van der Waals surface area contributed by atoms with Gasteiger partial charge in [-0.05, 0) is 70.8 Å². The number of aromatic hydroxyl groups is 1. The molecule has 3 aromatic heterocycles. The maximum Gasteiger partial charge on any atom is 0.145 e. The summed E-state index contributed by atoms with van der Waals surface area (Å²) in [4.78, 5) is 11.0. The fraction of sp³-hybridized carbons (Fsp3) is 0.170. The monoisotopic (exact) mass is 757 g/mol. The molecule has 0 saturated heterocycles. The first-order valence-corrected chi connectivity index (χ1v) is 20.0. The van der Waals surface area contributed by atoms with Gasteiger partial charge in [-0.1, -0.05) is 151 Å². The highest BCUT2D eigenvalue weighted by Crippen LogP contribution is 2.44. The Morgan fingerprint density at radius 1 is 0.552 bits per heavy atom. The van der Waals surface area contributed by atoms with Crippen LogP contribution in [0.4, 0.5) is 0 Å². The van der Waals surface area contributed by atoms with Crippen molar-refractivity contribution < 1.29 is 9.52 Å². The molecule has 0 aliphatic heterocycles. The zero-order valence-electron chi connectivity index (χ0n) is 34.1. The number of phenolic OH excluding ortho intramolecular Hbond substituents is 1. The highest BCUT2D eigenvalue weighted by atomic mass is 16.3. The van der Waals surface area contributed by atoms with Gasteiger partial charge in [0.1, 0.15) is 22.9 Å². The van der Waals surface area contributed by atoms with Crippen LogP contribution in [0.3, 0.4) is 0 Å². The Labute approximate surface area is 340 Å². The van der Waals surface area contributed by atoms with E-state index >= 15 is 0 Å². The molecular weight excluding hydrogens is 711 g/mol. The molecule has 0 radical (unpaired) electrons. The van der Waals surface area contributed by atoms with Crippen molar-refractivity contribution in [2.45, 2.75) is 59.3 Å². The average molecular weight is 758 g/mol. The molecule has 0 unspecified atom stereocenters. The smallest absolute Gasteiger partial charge is 0.145 e. The van der Waals surface area contributed by atoms with Crippen molar-refractivity contribution in [1.82, 2.24) is 14.5 Å². The van der Waals surface area contributed by atoms with E-state index in [0.717, 1.165) is 67.1 Å². The number of pyridine rings is 1. The Morgan fingerprint density at radius 2 is 1.14 bits per heavy atom. The van der Waals surface area contributed by atoms with E-state index in [2.05, 4.69) is 156 Å². The molecule has 5 heteroatoms. The number of nitrogens with zero attached hydrogens (tertiary/aromatic N) is 3. The number of aromatic nitrogens is 3. The van der Waals surface area contributed by atoms with Crippen LogP contribution < -0.4 is 0 Å². The summed E-state index contributed by atoms with van der Waals surface area (Å²) < 4.78 is 9.06. The lowest BCUT2D eigenvalue weighted by Crippen LogP contribution is -2.17. The molecule has 0 aliphatic rings. The summed E-state index contributed by atoms with van der Waals surface area (Å²) in [6.07, 6.45) is 0. The first kappa shape index (κ1) is 36.9. The second kappa shape index (κ2) is 14.0. The van der Waals surface area contributed by atoms with Crippen LogP contribution in [-0.4, -0.2) is 19.6 Å². The van der Waals surface area contributed by atoms with Gasteiger partial charge in [-0.3, -0.25) is 4.57 Å². The van der Waals surface area contributed by atoms with Crippen molar-refractivity contribution in [3.8, 4) is 67.8 Å². The largest absolute Gasteiger partial charge is 0.507 e. The Kier molecular flexibility index (Phi) is 8.93. The Morgan fingerprint density at radius 3 is 1.79 bits per heavy atom. The number of benzene rings is 6. The zero-order valence-corrected chi connectivity index (χ0v) is 34.1. The summed E-state index contributed by atoms with van der Waals surface area (Å²) in [5.41, 5.74) is 14.0. The summed E-state index contributed by atoms with van der Waals surface area (Å²) in [7, 11) is 0. The van der Waals surface area contributed by atoms with Crippen molar-refractivity contribution >= 4 is 22.0 Å². The van der Waals surface area contributed by atoms with Crippen molar-refractivity contribution in [2.24, 2.45) is 0 Å². The SMILES string of the molecule is Cc1c(-c2ccccc2)oc2cc(-c3cccc4c3nc(-c3cc(C(C)(C)C)cc(C(C)(C)C)c3)n4-c3ccccc3-c3ccccc3)nc(-c3ccccc3O)c12. The number of hydrogen-bond donors (Lipinski definition) is 1. The van der Waals surface area contributed by atoms with E-state index in [4.69, 9.17) is 14.4 Å². The highest BCUT2D eigenvalue weighted by Gasteiger charge is 2.27. The highest BCUT2D eigenvalue weighted by molar-refractivity contribution is 6.03. The lowest BCUT2D eigenvalue weighted by Gasteiger charge is -2.26. The van der Waals surface area contributed by atoms with Crippen LogP contribution in [0.15, 0.2) is 156 Å². The van der Waals surface area contributed by atoms with Crippen LogP contribution in [0.1, 0.15) is 58.2 Å². The van der Waals surface area contributed by atoms with Gasteiger partial charge in [0.15, 0.2) is 0 Å². The van der Waals surface area contributed by atoms with Gasteiger partial charge in [-0.15, -0.1) is 0 Å². The molecule has 0 spiro atoms. The lowest BCUT2D eigenvalue weighted by atomic mass is 9.79. The van der Waals surface area contributed by atoms with Crippen LogP contribution in [0.5, 0.6) is 5.75 Å². The fourth-order valence-electron chi connectivity index (χ4n) is 8.03. The van der Waals surface area contributed by atoms with E-state index in [1.54, 1.807) is 6.07 Å². The number of phenols is 1. The summed E-state index contributed by atoms with van der Waals surface area (Å²) in [6, 6.07) is 52.0. The molecule has 0 atom stereocenters. The molecule has 3 heterocycles.